The van der Waals surface area contributed by atoms with Crippen molar-refractivity contribution in [2.45, 2.75) is 45.4 Å². The number of ether oxygens (including phenoxy) is 1. The van der Waals surface area contributed by atoms with Gasteiger partial charge in [0.15, 0.2) is 0 Å². The van der Waals surface area contributed by atoms with Crippen LogP contribution in [0.25, 0.3) is 0 Å². The lowest BCUT2D eigenvalue weighted by Crippen LogP contribution is -2.17. The summed E-state index contributed by atoms with van der Waals surface area (Å²) in [5.41, 5.74) is 0. The predicted octanol–water partition coefficient (Wildman–Crippen LogP) is 3.24. The van der Waals surface area contributed by atoms with Crippen LogP contribution in [0.15, 0.2) is 0 Å². The van der Waals surface area contributed by atoms with E-state index in [1.54, 1.807) is 0 Å². The quantitative estimate of drug-likeness (QED) is 0.593. The van der Waals surface area contributed by atoms with Crippen LogP contribution in [-0.2, 0) is 4.74 Å². The summed E-state index contributed by atoms with van der Waals surface area (Å²) in [6.45, 7) is 4.27. The fraction of sp³-hybridized carbons (Fsp3) is 1.00. The van der Waals surface area contributed by atoms with Crippen molar-refractivity contribution in [3.63, 3.8) is 0 Å². The van der Waals surface area contributed by atoms with Gasteiger partial charge in [-0.15, -0.1) is 0 Å². The van der Waals surface area contributed by atoms with Crippen LogP contribution in [0.5, 0.6) is 0 Å². The van der Waals surface area contributed by atoms with Crippen LogP contribution < -0.4 is 0 Å². The molecular formula is C12H22O. The summed E-state index contributed by atoms with van der Waals surface area (Å²) in [7, 11) is 0. The Labute approximate surface area is 81.9 Å². The Balaban J connectivity index is 1.60. The van der Waals surface area contributed by atoms with Gasteiger partial charge < -0.3 is 4.74 Å². The van der Waals surface area contributed by atoms with Crippen LogP contribution >= 0.6 is 0 Å². The standard InChI is InChI=1S/C12H22O/c1-2-3-6-13-9-12-8-10-4-5-11(12)7-10/h10-12H,2-9H2,1H3. The van der Waals surface area contributed by atoms with E-state index in [9.17, 15) is 0 Å². The van der Waals surface area contributed by atoms with Crippen molar-refractivity contribution in [3.8, 4) is 0 Å². The maximum Gasteiger partial charge on any atom is 0.0497 e. The van der Waals surface area contributed by atoms with Crippen LogP contribution in [0.4, 0.5) is 0 Å². The Morgan fingerprint density at radius 2 is 2.15 bits per heavy atom. The van der Waals surface area contributed by atoms with E-state index < -0.39 is 0 Å². The van der Waals surface area contributed by atoms with E-state index in [1.807, 2.05) is 0 Å². The Bertz CT molecular complexity index is 155. The highest BCUT2D eigenvalue weighted by Gasteiger charge is 2.39. The molecule has 0 saturated heterocycles. The second kappa shape index (κ2) is 4.45. The minimum Gasteiger partial charge on any atom is -0.381 e. The molecular weight excluding hydrogens is 160 g/mol. The highest BCUT2D eigenvalue weighted by molar-refractivity contribution is 4.89. The van der Waals surface area contributed by atoms with Crippen molar-refractivity contribution in [1.29, 1.82) is 0 Å². The summed E-state index contributed by atoms with van der Waals surface area (Å²) in [5, 5.41) is 0. The first kappa shape index (κ1) is 9.51. The SMILES string of the molecule is CCCCOCC1CC2CCC1C2. The highest BCUT2D eigenvalue weighted by atomic mass is 16.5. The molecule has 0 aromatic carbocycles. The first-order valence-corrected chi connectivity index (χ1v) is 5.98. The number of fused-ring (bicyclic) bond motifs is 2. The first-order valence-electron chi connectivity index (χ1n) is 5.98. The molecule has 0 radical (unpaired) electrons. The molecule has 2 fully saturated rings. The van der Waals surface area contributed by atoms with Crippen molar-refractivity contribution in [2.75, 3.05) is 13.2 Å². The van der Waals surface area contributed by atoms with E-state index in [0.29, 0.717) is 0 Å². The van der Waals surface area contributed by atoms with Gasteiger partial charge in [0.2, 0.25) is 0 Å². The Hall–Kier alpha value is -0.0400. The molecule has 2 aliphatic rings. The molecule has 2 aliphatic carbocycles. The van der Waals surface area contributed by atoms with E-state index in [0.717, 1.165) is 31.0 Å². The zero-order valence-electron chi connectivity index (χ0n) is 8.80. The lowest BCUT2D eigenvalue weighted by molar-refractivity contribution is 0.0768. The molecule has 3 atom stereocenters. The van der Waals surface area contributed by atoms with Gasteiger partial charge in [0.1, 0.15) is 0 Å². The number of unbranched alkanes of at least 4 members (excludes halogenated alkanes) is 1. The van der Waals surface area contributed by atoms with E-state index in [-0.39, 0.29) is 0 Å². The second-order valence-corrected chi connectivity index (χ2v) is 4.86. The molecule has 0 aromatic heterocycles. The van der Waals surface area contributed by atoms with Gasteiger partial charge in [-0.05, 0) is 43.4 Å². The zero-order valence-corrected chi connectivity index (χ0v) is 8.80. The van der Waals surface area contributed by atoms with Gasteiger partial charge in [-0.2, -0.15) is 0 Å². The fourth-order valence-electron chi connectivity index (χ4n) is 3.06. The molecule has 0 aromatic rings. The molecule has 2 rings (SSSR count). The third-order valence-corrected chi connectivity index (χ3v) is 3.86. The van der Waals surface area contributed by atoms with E-state index in [1.165, 1.54) is 38.5 Å². The first-order chi connectivity index (χ1) is 6.40. The van der Waals surface area contributed by atoms with Gasteiger partial charge in [0.25, 0.3) is 0 Å². The summed E-state index contributed by atoms with van der Waals surface area (Å²) in [4.78, 5) is 0. The highest BCUT2D eigenvalue weighted by Crippen LogP contribution is 2.48. The van der Waals surface area contributed by atoms with Crippen molar-refractivity contribution in [1.82, 2.24) is 0 Å². The van der Waals surface area contributed by atoms with Crippen LogP contribution in [0.2, 0.25) is 0 Å². The Kier molecular flexibility index (Phi) is 3.26. The number of hydrogen-bond donors (Lipinski definition) is 0. The molecule has 1 heteroatoms. The van der Waals surface area contributed by atoms with Gasteiger partial charge in [0, 0.05) is 13.2 Å². The molecule has 0 N–H and O–H groups in total. The molecule has 2 bridgehead atoms. The molecule has 1 nitrogen and oxygen atoms in total. The third kappa shape index (κ3) is 2.25. The predicted molar refractivity (Wildman–Crippen MR) is 54.7 cm³/mol. The summed E-state index contributed by atoms with van der Waals surface area (Å²) in [5.74, 6) is 3.03. The summed E-state index contributed by atoms with van der Waals surface area (Å²) in [6, 6.07) is 0. The summed E-state index contributed by atoms with van der Waals surface area (Å²) in [6.07, 6.45) is 8.48. The lowest BCUT2D eigenvalue weighted by atomic mass is 9.90. The second-order valence-electron chi connectivity index (χ2n) is 4.86. The van der Waals surface area contributed by atoms with Crippen LogP contribution in [0.1, 0.15) is 45.4 Å². The molecule has 0 amide bonds. The minimum atomic E-state index is 0.926. The maximum absolute atomic E-state index is 5.71. The maximum atomic E-state index is 5.71. The van der Waals surface area contributed by atoms with E-state index in [4.69, 9.17) is 4.74 Å². The van der Waals surface area contributed by atoms with E-state index >= 15 is 0 Å². The average Bonchev–Trinajstić information content (AvgIpc) is 2.73. The zero-order chi connectivity index (χ0) is 9.10. The molecule has 0 heterocycles. The van der Waals surface area contributed by atoms with Crippen LogP contribution in [0, 0.1) is 17.8 Å². The largest absolute Gasteiger partial charge is 0.381 e. The van der Waals surface area contributed by atoms with Crippen molar-refractivity contribution < 1.29 is 4.74 Å². The van der Waals surface area contributed by atoms with Gasteiger partial charge in [-0.1, -0.05) is 19.8 Å². The fourth-order valence-corrected chi connectivity index (χ4v) is 3.06. The van der Waals surface area contributed by atoms with Gasteiger partial charge in [-0.25, -0.2) is 0 Å². The topological polar surface area (TPSA) is 9.23 Å². The molecule has 2 saturated carbocycles. The number of hydrogen-bond acceptors (Lipinski definition) is 1. The number of rotatable bonds is 5. The normalized spacial score (nSPS) is 37.2. The monoisotopic (exact) mass is 182 g/mol. The lowest BCUT2D eigenvalue weighted by Gasteiger charge is -2.21. The van der Waals surface area contributed by atoms with Crippen LogP contribution in [0.3, 0.4) is 0 Å². The molecule has 13 heavy (non-hydrogen) atoms. The smallest absolute Gasteiger partial charge is 0.0497 e. The van der Waals surface area contributed by atoms with Crippen LogP contribution in [-0.4, -0.2) is 13.2 Å². The van der Waals surface area contributed by atoms with Gasteiger partial charge in [0.05, 0.1) is 0 Å². The molecule has 76 valence electrons. The Morgan fingerprint density at radius 1 is 1.23 bits per heavy atom. The summed E-state index contributed by atoms with van der Waals surface area (Å²) >= 11 is 0. The van der Waals surface area contributed by atoms with Crippen molar-refractivity contribution >= 4 is 0 Å². The van der Waals surface area contributed by atoms with Gasteiger partial charge in [-0.3, -0.25) is 0 Å². The van der Waals surface area contributed by atoms with E-state index in [2.05, 4.69) is 6.92 Å². The molecule has 0 aliphatic heterocycles. The molecule has 0 spiro atoms. The summed E-state index contributed by atoms with van der Waals surface area (Å²) < 4.78 is 5.71. The van der Waals surface area contributed by atoms with Crippen molar-refractivity contribution in [2.24, 2.45) is 17.8 Å². The van der Waals surface area contributed by atoms with Crippen molar-refractivity contribution in [3.05, 3.63) is 0 Å². The Morgan fingerprint density at radius 3 is 2.77 bits per heavy atom. The minimum absolute atomic E-state index is 0.926. The third-order valence-electron chi connectivity index (χ3n) is 3.86. The average molecular weight is 182 g/mol. The van der Waals surface area contributed by atoms with Gasteiger partial charge >= 0.3 is 0 Å². The molecule has 3 unspecified atom stereocenters.